The lowest BCUT2D eigenvalue weighted by Gasteiger charge is -2.30. The van der Waals surface area contributed by atoms with E-state index < -0.39 is 20.0 Å². The second kappa shape index (κ2) is 7.85. The maximum Gasteiger partial charge on any atom is 0.241 e. The van der Waals surface area contributed by atoms with E-state index in [9.17, 15) is 16.8 Å². The number of nitrogens with zero attached hydrogens (tertiary/aromatic N) is 1. The van der Waals surface area contributed by atoms with Gasteiger partial charge in [-0.25, -0.2) is 21.6 Å². The lowest BCUT2D eigenvalue weighted by atomic mass is 10.1. The summed E-state index contributed by atoms with van der Waals surface area (Å²) in [6, 6.07) is 10.9. The van der Waals surface area contributed by atoms with Gasteiger partial charge < -0.3 is 0 Å². The van der Waals surface area contributed by atoms with E-state index in [-0.39, 0.29) is 17.2 Å². The first kappa shape index (κ1) is 20.8. The van der Waals surface area contributed by atoms with E-state index in [2.05, 4.69) is 4.72 Å². The Balaban J connectivity index is 1.88. The largest absolute Gasteiger partial charge is 0.270 e. The van der Waals surface area contributed by atoms with Crippen molar-refractivity contribution in [2.24, 2.45) is 0 Å². The fourth-order valence-corrected chi connectivity index (χ4v) is 6.37. The number of nitrogens with one attached hydrogen (secondary N) is 1. The first-order valence-electron chi connectivity index (χ1n) is 9.27. The van der Waals surface area contributed by atoms with Gasteiger partial charge in [0.05, 0.1) is 16.3 Å². The smallest absolute Gasteiger partial charge is 0.241 e. The van der Waals surface area contributed by atoms with E-state index in [1.807, 2.05) is 31.2 Å². The molecule has 1 aliphatic rings. The van der Waals surface area contributed by atoms with Crippen LogP contribution in [0.5, 0.6) is 0 Å². The Morgan fingerprint density at radius 1 is 1.00 bits per heavy atom. The maximum absolute atomic E-state index is 12.8. The molecule has 0 aromatic heterocycles. The summed E-state index contributed by atoms with van der Waals surface area (Å²) in [5.74, 6) is 0.129. The van der Waals surface area contributed by atoms with Gasteiger partial charge in [-0.1, -0.05) is 29.8 Å². The Labute approximate surface area is 167 Å². The Bertz CT molecular complexity index is 1080. The molecule has 28 heavy (non-hydrogen) atoms. The average Bonchev–Trinajstić information content (AvgIpc) is 2.63. The van der Waals surface area contributed by atoms with Crippen LogP contribution in [0.1, 0.15) is 35.1 Å². The SMILES string of the molecule is Cc1ccc(CNS(=O)(=O)c2cc(C)c(N3CCCCS3(=O)=O)cc2C)cc1. The molecule has 0 aliphatic carbocycles. The highest BCUT2D eigenvalue weighted by Gasteiger charge is 2.28. The van der Waals surface area contributed by atoms with Crippen molar-refractivity contribution in [1.29, 1.82) is 0 Å². The van der Waals surface area contributed by atoms with Gasteiger partial charge in [0, 0.05) is 13.1 Å². The lowest BCUT2D eigenvalue weighted by Crippen LogP contribution is -2.38. The number of hydrogen-bond acceptors (Lipinski definition) is 4. The quantitative estimate of drug-likeness (QED) is 0.803. The fourth-order valence-electron chi connectivity index (χ4n) is 3.35. The molecule has 0 radical (unpaired) electrons. The summed E-state index contributed by atoms with van der Waals surface area (Å²) in [5.41, 5.74) is 3.71. The monoisotopic (exact) mass is 422 g/mol. The molecule has 0 atom stereocenters. The Morgan fingerprint density at radius 3 is 2.32 bits per heavy atom. The van der Waals surface area contributed by atoms with Gasteiger partial charge in [-0.3, -0.25) is 4.31 Å². The third kappa shape index (κ3) is 4.39. The second-order valence-electron chi connectivity index (χ2n) is 7.31. The van der Waals surface area contributed by atoms with Crippen molar-refractivity contribution in [1.82, 2.24) is 4.72 Å². The standard InChI is InChI=1S/C20H26N2O4S2/c1-15-6-8-18(9-7-15)14-21-28(25,26)20-13-16(2)19(12-17(20)3)22-10-4-5-11-27(22,23)24/h6-9,12-13,21H,4-5,10-11,14H2,1-3H3. The molecule has 6 nitrogen and oxygen atoms in total. The Kier molecular flexibility index (Phi) is 5.84. The molecule has 0 bridgehead atoms. The molecule has 1 N–H and O–H groups in total. The van der Waals surface area contributed by atoms with Crippen molar-refractivity contribution in [2.45, 2.75) is 45.1 Å². The minimum atomic E-state index is -3.72. The normalized spacial score (nSPS) is 16.9. The number of anilines is 1. The van der Waals surface area contributed by atoms with E-state index in [1.54, 1.807) is 26.0 Å². The van der Waals surface area contributed by atoms with Crippen LogP contribution >= 0.6 is 0 Å². The van der Waals surface area contributed by atoms with Gasteiger partial charge in [-0.2, -0.15) is 0 Å². The van der Waals surface area contributed by atoms with Crippen molar-refractivity contribution in [3.8, 4) is 0 Å². The van der Waals surface area contributed by atoms with Crippen molar-refractivity contribution in [2.75, 3.05) is 16.6 Å². The van der Waals surface area contributed by atoms with E-state index in [1.165, 1.54) is 4.31 Å². The number of benzene rings is 2. The third-order valence-corrected chi connectivity index (χ3v) is 8.39. The zero-order valence-electron chi connectivity index (χ0n) is 16.4. The van der Waals surface area contributed by atoms with Crippen LogP contribution in [0.15, 0.2) is 41.3 Å². The Hall–Kier alpha value is -1.90. The Morgan fingerprint density at radius 2 is 1.68 bits per heavy atom. The van der Waals surface area contributed by atoms with Gasteiger partial charge in [0.15, 0.2) is 0 Å². The van der Waals surface area contributed by atoms with Crippen molar-refractivity contribution in [3.05, 3.63) is 58.7 Å². The number of hydrogen-bond donors (Lipinski definition) is 1. The van der Waals surface area contributed by atoms with E-state index >= 15 is 0 Å². The molecule has 0 unspecified atom stereocenters. The zero-order chi connectivity index (χ0) is 20.5. The molecule has 2 aromatic rings. The molecular formula is C20H26N2O4S2. The number of sulfonamides is 2. The zero-order valence-corrected chi connectivity index (χ0v) is 18.0. The highest BCUT2D eigenvalue weighted by Crippen LogP contribution is 2.31. The summed E-state index contributed by atoms with van der Waals surface area (Å²) in [6.07, 6.45) is 1.46. The van der Waals surface area contributed by atoms with Gasteiger partial charge in [0.1, 0.15) is 0 Å². The van der Waals surface area contributed by atoms with E-state index in [4.69, 9.17) is 0 Å². The summed E-state index contributed by atoms with van der Waals surface area (Å²) in [7, 11) is -7.06. The summed E-state index contributed by atoms with van der Waals surface area (Å²) in [4.78, 5) is 0.176. The highest BCUT2D eigenvalue weighted by molar-refractivity contribution is 7.92. The molecule has 152 valence electrons. The van der Waals surface area contributed by atoms with Crippen molar-refractivity contribution in [3.63, 3.8) is 0 Å². The molecule has 1 aliphatic heterocycles. The van der Waals surface area contributed by atoms with Crippen LogP contribution in [-0.4, -0.2) is 29.1 Å². The topological polar surface area (TPSA) is 83.6 Å². The van der Waals surface area contributed by atoms with Gasteiger partial charge in [0.25, 0.3) is 0 Å². The third-order valence-electron chi connectivity index (χ3n) is 4.99. The number of aryl methyl sites for hydroxylation is 3. The average molecular weight is 423 g/mol. The van der Waals surface area contributed by atoms with Crippen LogP contribution in [0.3, 0.4) is 0 Å². The van der Waals surface area contributed by atoms with Crippen LogP contribution in [0.4, 0.5) is 5.69 Å². The molecule has 0 saturated carbocycles. The molecular weight excluding hydrogens is 396 g/mol. The van der Waals surface area contributed by atoms with Crippen molar-refractivity contribution >= 4 is 25.7 Å². The first-order chi connectivity index (χ1) is 13.1. The minimum absolute atomic E-state index is 0.129. The summed E-state index contributed by atoms with van der Waals surface area (Å²) in [5, 5.41) is 0. The summed E-state index contributed by atoms with van der Waals surface area (Å²) < 4.78 is 54.5. The molecule has 1 fully saturated rings. The molecule has 3 rings (SSSR count). The van der Waals surface area contributed by atoms with Gasteiger partial charge in [0.2, 0.25) is 20.0 Å². The van der Waals surface area contributed by atoms with E-state index in [0.29, 0.717) is 29.8 Å². The summed E-state index contributed by atoms with van der Waals surface area (Å²) >= 11 is 0. The molecule has 0 spiro atoms. The molecule has 1 heterocycles. The van der Waals surface area contributed by atoms with Gasteiger partial charge >= 0.3 is 0 Å². The number of rotatable bonds is 5. The first-order valence-corrected chi connectivity index (χ1v) is 12.4. The van der Waals surface area contributed by atoms with Gasteiger partial charge in [-0.15, -0.1) is 0 Å². The van der Waals surface area contributed by atoms with Crippen molar-refractivity contribution < 1.29 is 16.8 Å². The van der Waals surface area contributed by atoms with Crippen LogP contribution < -0.4 is 9.03 Å². The van der Waals surface area contributed by atoms with Crippen LogP contribution in [0.2, 0.25) is 0 Å². The van der Waals surface area contributed by atoms with E-state index in [0.717, 1.165) is 17.5 Å². The van der Waals surface area contributed by atoms with Crippen LogP contribution in [0.25, 0.3) is 0 Å². The molecule has 1 saturated heterocycles. The van der Waals surface area contributed by atoms with Crippen LogP contribution in [0, 0.1) is 20.8 Å². The predicted octanol–water partition coefficient (Wildman–Crippen LogP) is 3.02. The predicted molar refractivity (Wildman–Crippen MR) is 111 cm³/mol. The molecule has 2 aromatic carbocycles. The second-order valence-corrected chi connectivity index (χ2v) is 11.1. The van der Waals surface area contributed by atoms with Gasteiger partial charge in [-0.05, 0) is 62.4 Å². The van der Waals surface area contributed by atoms with Crippen LogP contribution in [-0.2, 0) is 26.6 Å². The molecule has 0 amide bonds. The fraction of sp³-hybridized carbons (Fsp3) is 0.400. The lowest BCUT2D eigenvalue weighted by molar-refractivity contribution is 0.574. The maximum atomic E-state index is 12.8. The highest BCUT2D eigenvalue weighted by atomic mass is 32.2. The minimum Gasteiger partial charge on any atom is -0.270 e. The molecule has 8 heteroatoms. The summed E-state index contributed by atoms with van der Waals surface area (Å²) in [6.45, 7) is 6.05.